The quantitative estimate of drug-likeness (QED) is 0.897. The topological polar surface area (TPSA) is 35.8 Å². The third-order valence-electron chi connectivity index (χ3n) is 3.44. The summed E-state index contributed by atoms with van der Waals surface area (Å²) in [4.78, 5) is 0. The lowest BCUT2D eigenvalue weighted by molar-refractivity contribution is 0.518. The Balaban J connectivity index is 1.84. The number of nitriles is 1. The molecule has 3 heteroatoms. The highest BCUT2D eigenvalue weighted by atomic mass is 79.9. The van der Waals surface area contributed by atoms with Gasteiger partial charge in [-0.3, -0.25) is 0 Å². The molecule has 0 aromatic heterocycles. The summed E-state index contributed by atoms with van der Waals surface area (Å²) in [6.45, 7) is 1.02. The molecule has 1 aliphatic rings. The molecule has 0 aliphatic heterocycles. The van der Waals surface area contributed by atoms with E-state index < -0.39 is 0 Å². The van der Waals surface area contributed by atoms with Crippen molar-refractivity contribution in [2.24, 2.45) is 5.92 Å². The molecule has 90 valence electrons. The minimum atomic E-state index is 0.693. The van der Waals surface area contributed by atoms with E-state index in [1.165, 1.54) is 32.1 Å². The van der Waals surface area contributed by atoms with Crippen molar-refractivity contribution in [2.45, 2.75) is 32.1 Å². The average Bonchev–Trinajstić information content (AvgIpc) is 2.84. The molecule has 2 nitrogen and oxygen atoms in total. The Hall–Kier alpha value is -1.01. The van der Waals surface area contributed by atoms with E-state index in [0.717, 1.165) is 22.6 Å². The molecule has 1 fully saturated rings. The Morgan fingerprint density at radius 1 is 1.35 bits per heavy atom. The van der Waals surface area contributed by atoms with Crippen LogP contribution in [0.1, 0.15) is 37.7 Å². The van der Waals surface area contributed by atoms with E-state index in [4.69, 9.17) is 5.26 Å². The molecule has 0 amide bonds. The highest BCUT2D eigenvalue weighted by molar-refractivity contribution is 9.10. The van der Waals surface area contributed by atoms with Crippen molar-refractivity contribution in [3.05, 3.63) is 28.2 Å². The normalized spacial score (nSPS) is 15.8. The molecule has 1 aromatic rings. The van der Waals surface area contributed by atoms with Gasteiger partial charge < -0.3 is 5.32 Å². The smallest absolute Gasteiger partial charge is 0.0992 e. The summed E-state index contributed by atoms with van der Waals surface area (Å²) < 4.78 is 0.975. The number of rotatable bonds is 4. The van der Waals surface area contributed by atoms with Crippen LogP contribution in [0.4, 0.5) is 5.69 Å². The van der Waals surface area contributed by atoms with Crippen molar-refractivity contribution in [1.29, 1.82) is 5.26 Å². The molecule has 0 bridgehead atoms. The van der Waals surface area contributed by atoms with Crippen LogP contribution < -0.4 is 5.32 Å². The predicted molar refractivity (Wildman–Crippen MR) is 73.9 cm³/mol. The maximum Gasteiger partial charge on any atom is 0.0992 e. The molecule has 2 rings (SSSR count). The average molecular weight is 293 g/mol. The monoisotopic (exact) mass is 292 g/mol. The van der Waals surface area contributed by atoms with E-state index in [0.29, 0.717) is 5.56 Å². The molecule has 0 saturated heterocycles. The van der Waals surface area contributed by atoms with Gasteiger partial charge in [0.2, 0.25) is 0 Å². The standard InChI is InChI=1S/C14H17BrN2/c15-13-9-12(10-16)5-6-14(13)17-8-7-11-3-1-2-4-11/h5-6,9,11,17H,1-4,7-8H2. The van der Waals surface area contributed by atoms with Gasteiger partial charge in [-0.2, -0.15) is 5.26 Å². The molecule has 1 aromatic carbocycles. The summed E-state index contributed by atoms with van der Waals surface area (Å²) in [6, 6.07) is 7.82. The van der Waals surface area contributed by atoms with Gasteiger partial charge in [0.25, 0.3) is 0 Å². The van der Waals surface area contributed by atoms with Crippen molar-refractivity contribution in [2.75, 3.05) is 11.9 Å². The Morgan fingerprint density at radius 2 is 2.12 bits per heavy atom. The van der Waals surface area contributed by atoms with E-state index in [2.05, 4.69) is 27.3 Å². The summed E-state index contributed by atoms with van der Waals surface area (Å²) in [5.41, 5.74) is 1.78. The Bertz CT molecular complexity index is 417. The first kappa shape index (κ1) is 12.4. The van der Waals surface area contributed by atoms with Crippen LogP contribution in [0.25, 0.3) is 0 Å². The third-order valence-corrected chi connectivity index (χ3v) is 4.10. The molecule has 0 atom stereocenters. The second kappa shape index (κ2) is 6.07. The van der Waals surface area contributed by atoms with Crippen LogP contribution in [-0.4, -0.2) is 6.54 Å². The summed E-state index contributed by atoms with van der Waals surface area (Å²) in [5, 5.41) is 12.2. The number of nitrogens with one attached hydrogen (secondary N) is 1. The maximum atomic E-state index is 8.78. The molecule has 1 N–H and O–H groups in total. The summed E-state index contributed by atoms with van der Waals surface area (Å²) in [7, 11) is 0. The van der Waals surface area contributed by atoms with E-state index in [1.807, 2.05) is 18.2 Å². The second-order valence-corrected chi connectivity index (χ2v) is 5.53. The van der Waals surface area contributed by atoms with Crippen LogP contribution in [0, 0.1) is 17.2 Å². The number of hydrogen-bond acceptors (Lipinski definition) is 2. The first-order valence-corrected chi connectivity index (χ1v) is 7.02. The van der Waals surface area contributed by atoms with Crippen LogP contribution in [0.15, 0.2) is 22.7 Å². The highest BCUT2D eigenvalue weighted by Crippen LogP contribution is 2.28. The molecule has 0 radical (unpaired) electrons. The fraction of sp³-hybridized carbons (Fsp3) is 0.500. The number of anilines is 1. The predicted octanol–water partition coefficient (Wildman–Crippen LogP) is 4.31. The first-order valence-electron chi connectivity index (χ1n) is 6.23. The summed E-state index contributed by atoms with van der Waals surface area (Å²) >= 11 is 3.49. The van der Waals surface area contributed by atoms with Gasteiger partial charge in [-0.05, 0) is 46.5 Å². The number of hydrogen-bond donors (Lipinski definition) is 1. The third kappa shape index (κ3) is 3.47. The fourth-order valence-corrected chi connectivity index (χ4v) is 2.96. The summed E-state index contributed by atoms with van der Waals surface area (Å²) in [5.74, 6) is 0.916. The SMILES string of the molecule is N#Cc1ccc(NCCC2CCCC2)c(Br)c1. The van der Waals surface area contributed by atoms with Crippen LogP contribution in [0.2, 0.25) is 0 Å². The van der Waals surface area contributed by atoms with E-state index in [1.54, 1.807) is 0 Å². The minimum absolute atomic E-state index is 0.693. The van der Waals surface area contributed by atoms with Crippen molar-refractivity contribution in [1.82, 2.24) is 0 Å². The Labute approximate surface area is 111 Å². The van der Waals surface area contributed by atoms with E-state index >= 15 is 0 Å². The van der Waals surface area contributed by atoms with E-state index in [-0.39, 0.29) is 0 Å². The van der Waals surface area contributed by atoms with Crippen molar-refractivity contribution in [3.63, 3.8) is 0 Å². The molecule has 0 heterocycles. The Morgan fingerprint density at radius 3 is 2.76 bits per heavy atom. The maximum absolute atomic E-state index is 8.78. The van der Waals surface area contributed by atoms with Gasteiger partial charge >= 0.3 is 0 Å². The van der Waals surface area contributed by atoms with Crippen molar-refractivity contribution in [3.8, 4) is 6.07 Å². The zero-order valence-corrected chi connectivity index (χ0v) is 11.5. The largest absolute Gasteiger partial charge is 0.384 e. The van der Waals surface area contributed by atoms with Crippen LogP contribution in [-0.2, 0) is 0 Å². The van der Waals surface area contributed by atoms with Crippen molar-refractivity contribution < 1.29 is 0 Å². The van der Waals surface area contributed by atoms with Crippen molar-refractivity contribution >= 4 is 21.6 Å². The molecular formula is C14H17BrN2. The van der Waals surface area contributed by atoms with Gasteiger partial charge in [-0.15, -0.1) is 0 Å². The lowest BCUT2D eigenvalue weighted by Crippen LogP contribution is -2.07. The van der Waals surface area contributed by atoms with Crippen LogP contribution >= 0.6 is 15.9 Å². The Kier molecular flexibility index (Phi) is 4.44. The molecule has 1 saturated carbocycles. The number of benzene rings is 1. The van der Waals surface area contributed by atoms with Gasteiger partial charge in [-0.25, -0.2) is 0 Å². The van der Waals surface area contributed by atoms with E-state index in [9.17, 15) is 0 Å². The zero-order valence-electron chi connectivity index (χ0n) is 9.88. The lowest BCUT2D eigenvalue weighted by Gasteiger charge is -2.12. The number of halogens is 1. The van der Waals surface area contributed by atoms with Gasteiger partial charge in [0, 0.05) is 16.7 Å². The van der Waals surface area contributed by atoms with Gasteiger partial charge in [0.1, 0.15) is 0 Å². The zero-order chi connectivity index (χ0) is 12.1. The lowest BCUT2D eigenvalue weighted by atomic mass is 10.0. The second-order valence-electron chi connectivity index (χ2n) is 4.67. The summed E-state index contributed by atoms with van der Waals surface area (Å²) in [6.07, 6.45) is 6.87. The minimum Gasteiger partial charge on any atom is -0.384 e. The molecule has 0 spiro atoms. The molecule has 1 aliphatic carbocycles. The number of nitrogens with zero attached hydrogens (tertiary/aromatic N) is 1. The van der Waals surface area contributed by atoms with Gasteiger partial charge in [0.15, 0.2) is 0 Å². The van der Waals surface area contributed by atoms with Crippen LogP contribution in [0.3, 0.4) is 0 Å². The van der Waals surface area contributed by atoms with Gasteiger partial charge in [-0.1, -0.05) is 25.7 Å². The fourth-order valence-electron chi connectivity index (χ4n) is 2.44. The molecular weight excluding hydrogens is 276 g/mol. The van der Waals surface area contributed by atoms with Crippen LogP contribution in [0.5, 0.6) is 0 Å². The van der Waals surface area contributed by atoms with Gasteiger partial charge in [0.05, 0.1) is 11.6 Å². The molecule has 17 heavy (non-hydrogen) atoms. The first-order chi connectivity index (χ1) is 8.29. The molecule has 0 unspecified atom stereocenters. The highest BCUT2D eigenvalue weighted by Gasteiger charge is 2.14.